The minimum Gasteiger partial charge on any atom is -0.379 e. The Morgan fingerprint density at radius 2 is 2.07 bits per heavy atom. The Kier molecular flexibility index (Phi) is 6.34. The molecule has 1 fully saturated rings. The van der Waals surface area contributed by atoms with E-state index in [2.05, 4.69) is 15.2 Å². The van der Waals surface area contributed by atoms with E-state index in [1.165, 1.54) is 0 Å². The molecule has 0 atom stereocenters. The normalized spacial score (nSPS) is 14.8. The maximum absolute atomic E-state index is 13.0. The summed E-state index contributed by atoms with van der Waals surface area (Å²) in [6.45, 7) is 5.04. The molecule has 7 heteroatoms. The van der Waals surface area contributed by atoms with Gasteiger partial charge in [0.25, 0.3) is 5.91 Å². The molecule has 4 rings (SSSR count). The molecule has 6 nitrogen and oxygen atoms in total. The fourth-order valence-electron chi connectivity index (χ4n) is 3.47. The van der Waals surface area contributed by atoms with Gasteiger partial charge in [0.1, 0.15) is 0 Å². The van der Waals surface area contributed by atoms with E-state index in [0.717, 1.165) is 55.7 Å². The zero-order chi connectivity index (χ0) is 20.1. The van der Waals surface area contributed by atoms with Crippen molar-refractivity contribution in [3.05, 3.63) is 59.4 Å². The van der Waals surface area contributed by atoms with Crippen LogP contribution in [0.25, 0.3) is 22.2 Å². The van der Waals surface area contributed by atoms with Crippen LogP contribution in [0.15, 0.2) is 48.8 Å². The number of pyridine rings is 2. The average Bonchev–Trinajstić information content (AvgIpc) is 2.77. The van der Waals surface area contributed by atoms with E-state index in [9.17, 15) is 4.79 Å². The van der Waals surface area contributed by atoms with E-state index in [-0.39, 0.29) is 5.91 Å². The summed E-state index contributed by atoms with van der Waals surface area (Å²) in [6, 6.07) is 11.0. The van der Waals surface area contributed by atoms with Gasteiger partial charge in [-0.25, -0.2) is 4.98 Å². The van der Waals surface area contributed by atoms with E-state index in [4.69, 9.17) is 21.3 Å². The van der Waals surface area contributed by atoms with Crippen LogP contribution in [0, 0.1) is 0 Å². The topological polar surface area (TPSA) is 67.4 Å². The SMILES string of the molecule is O=C(NCCCN1CCOCC1)c1cc(-c2cccnc2)nc2ccc(Cl)cc12. The van der Waals surface area contributed by atoms with E-state index in [0.29, 0.717) is 22.8 Å². The van der Waals surface area contributed by atoms with Gasteiger partial charge < -0.3 is 10.1 Å². The molecule has 2 aromatic heterocycles. The number of aromatic nitrogens is 2. The third-order valence-corrected chi connectivity index (χ3v) is 5.25. The highest BCUT2D eigenvalue weighted by Gasteiger charge is 2.15. The van der Waals surface area contributed by atoms with Gasteiger partial charge in [-0.15, -0.1) is 0 Å². The predicted molar refractivity (Wildman–Crippen MR) is 114 cm³/mol. The van der Waals surface area contributed by atoms with Crippen LogP contribution in [0.3, 0.4) is 0 Å². The molecule has 1 aliphatic heterocycles. The van der Waals surface area contributed by atoms with Crippen molar-refractivity contribution in [3.63, 3.8) is 0 Å². The van der Waals surface area contributed by atoms with Crippen molar-refractivity contribution in [1.29, 1.82) is 0 Å². The Morgan fingerprint density at radius 1 is 1.21 bits per heavy atom. The van der Waals surface area contributed by atoms with Gasteiger partial charge in [-0.2, -0.15) is 0 Å². The lowest BCUT2D eigenvalue weighted by molar-refractivity contribution is 0.0374. The fraction of sp³-hybridized carbons (Fsp3) is 0.318. The summed E-state index contributed by atoms with van der Waals surface area (Å²) < 4.78 is 5.37. The maximum atomic E-state index is 13.0. The van der Waals surface area contributed by atoms with Crippen LogP contribution in [0.5, 0.6) is 0 Å². The molecule has 3 heterocycles. The van der Waals surface area contributed by atoms with Gasteiger partial charge in [0.15, 0.2) is 0 Å². The lowest BCUT2D eigenvalue weighted by Crippen LogP contribution is -2.38. The molecule has 1 amide bonds. The van der Waals surface area contributed by atoms with E-state index >= 15 is 0 Å². The second-order valence-electron chi connectivity index (χ2n) is 7.02. The molecule has 150 valence electrons. The molecular weight excluding hydrogens is 388 g/mol. The lowest BCUT2D eigenvalue weighted by Gasteiger charge is -2.26. The van der Waals surface area contributed by atoms with Gasteiger partial charge in [0.05, 0.1) is 30.0 Å². The van der Waals surface area contributed by atoms with Crippen molar-refractivity contribution in [1.82, 2.24) is 20.2 Å². The number of fused-ring (bicyclic) bond motifs is 1. The molecule has 1 saturated heterocycles. The first-order valence-corrected chi connectivity index (χ1v) is 10.2. The van der Waals surface area contributed by atoms with Crippen LogP contribution < -0.4 is 5.32 Å². The summed E-state index contributed by atoms with van der Waals surface area (Å²) >= 11 is 6.18. The summed E-state index contributed by atoms with van der Waals surface area (Å²) in [7, 11) is 0. The first-order valence-electron chi connectivity index (χ1n) is 9.80. The minimum atomic E-state index is -0.119. The predicted octanol–water partition coefficient (Wildman–Crippen LogP) is 3.40. The number of amides is 1. The van der Waals surface area contributed by atoms with Gasteiger partial charge in [0, 0.05) is 48.0 Å². The Bertz CT molecular complexity index is 991. The maximum Gasteiger partial charge on any atom is 0.252 e. The number of hydrogen-bond acceptors (Lipinski definition) is 5. The van der Waals surface area contributed by atoms with E-state index < -0.39 is 0 Å². The summed E-state index contributed by atoms with van der Waals surface area (Å²) in [5.41, 5.74) is 2.88. The van der Waals surface area contributed by atoms with Crippen molar-refractivity contribution in [2.45, 2.75) is 6.42 Å². The first kappa shape index (κ1) is 19.8. The number of carbonyl (C=O) groups excluding carboxylic acids is 1. The number of halogens is 1. The molecule has 0 unspecified atom stereocenters. The molecule has 0 radical (unpaired) electrons. The molecular formula is C22H23ClN4O2. The van der Waals surface area contributed by atoms with Gasteiger partial charge in [-0.05, 0) is 49.4 Å². The number of nitrogens with one attached hydrogen (secondary N) is 1. The second-order valence-corrected chi connectivity index (χ2v) is 7.46. The third-order valence-electron chi connectivity index (χ3n) is 5.01. The molecule has 0 bridgehead atoms. The molecule has 29 heavy (non-hydrogen) atoms. The molecule has 0 saturated carbocycles. The largest absolute Gasteiger partial charge is 0.379 e. The first-order chi connectivity index (χ1) is 14.2. The van der Waals surface area contributed by atoms with Crippen molar-refractivity contribution in [3.8, 4) is 11.3 Å². The van der Waals surface area contributed by atoms with Crippen molar-refractivity contribution >= 4 is 28.4 Å². The van der Waals surface area contributed by atoms with Crippen molar-refractivity contribution in [2.24, 2.45) is 0 Å². The van der Waals surface area contributed by atoms with Crippen molar-refractivity contribution < 1.29 is 9.53 Å². The standard InChI is InChI=1S/C22H23ClN4O2/c23-17-4-5-20-18(13-17)19(14-21(26-20)16-3-1-6-24-15-16)22(28)25-7-2-8-27-9-11-29-12-10-27/h1,3-6,13-15H,2,7-12H2,(H,25,28). The Hall–Kier alpha value is -2.54. The van der Waals surface area contributed by atoms with Crippen LogP contribution >= 0.6 is 11.6 Å². The highest BCUT2D eigenvalue weighted by molar-refractivity contribution is 6.31. The van der Waals surface area contributed by atoms with Crippen LogP contribution in [-0.2, 0) is 4.74 Å². The number of hydrogen-bond donors (Lipinski definition) is 1. The Morgan fingerprint density at radius 3 is 2.86 bits per heavy atom. The fourth-order valence-corrected chi connectivity index (χ4v) is 3.64. The molecule has 3 aromatic rings. The van der Waals surface area contributed by atoms with Crippen LogP contribution in [0.2, 0.25) is 5.02 Å². The zero-order valence-corrected chi connectivity index (χ0v) is 16.9. The van der Waals surface area contributed by atoms with Gasteiger partial charge in [-0.3, -0.25) is 14.7 Å². The monoisotopic (exact) mass is 410 g/mol. The van der Waals surface area contributed by atoms with Crippen LogP contribution in [0.1, 0.15) is 16.8 Å². The molecule has 1 aliphatic rings. The Labute approximate surface area is 174 Å². The smallest absolute Gasteiger partial charge is 0.252 e. The quantitative estimate of drug-likeness (QED) is 0.631. The molecule has 1 N–H and O–H groups in total. The molecule has 1 aromatic carbocycles. The lowest BCUT2D eigenvalue weighted by atomic mass is 10.0. The van der Waals surface area contributed by atoms with Gasteiger partial charge in [0.2, 0.25) is 0 Å². The summed E-state index contributed by atoms with van der Waals surface area (Å²) in [5, 5.41) is 4.37. The average molecular weight is 411 g/mol. The summed E-state index contributed by atoms with van der Waals surface area (Å²) in [5.74, 6) is -0.119. The second kappa shape index (κ2) is 9.31. The van der Waals surface area contributed by atoms with Crippen LogP contribution in [-0.4, -0.2) is 60.2 Å². The highest BCUT2D eigenvalue weighted by Crippen LogP contribution is 2.26. The third kappa shape index (κ3) is 4.90. The number of carbonyl (C=O) groups is 1. The minimum absolute atomic E-state index is 0.119. The zero-order valence-electron chi connectivity index (χ0n) is 16.1. The summed E-state index contributed by atoms with van der Waals surface area (Å²) in [6.07, 6.45) is 4.35. The summed E-state index contributed by atoms with van der Waals surface area (Å²) in [4.78, 5) is 24.2. The Balaban J connectivity index is 1.52. The highest BCUT2D eigenvalue weighted by atomic mass is 35.5. The number of rotatable bonds is 6. The molecule has 0 spiro atoms. The molecule has 0 aliphatic carbocycles. The number of ether oxygens (including phenoxy) is 1. The van der Waals surface area contributed by atoms with Gasteiger partial charge in [-0.1, -0.05) is 11.6 Å². The van der Waals surface area contributed by atoms with Crippen LogP contribution in [0.4, 0.5) is 0 Å². The van der Waals surface area contributed by atoms with E-state index in [1.807, 2.05) is 24.3 Å². The van der Waals surface area contributed by atoms with E-state index in [1.54, 1.807) is 24.5 Å². The number of nitrogens with zero attached hydrogens (tertiary/aromatic N) is 3. The number of morpholine rings is 1. The van der Waals surface area contributed by atoms with Gasteiger partial charge >= 0.3 is 0 Å². The van der Waals surface area contributed by atoms with Crippen molar-refractivity contribution in [2.75, 3.05) is 39.4 Å². The number of benzene rings is 1.